The molecule has 0 atom stereocenters. The lowest BCUT2D eigenvalue weighted by molar-refractivity contribution is -0.119. The van der Waals surface area contributed by atoms with Gasteiger partial charge in [-0.2, -0.15) is 0 Å². The van der Waals surface area contributed by atoms with Gasteiger partial charge in [0.05, 0.1) is 23.6 Å². The van der Waals surface area contributed by atoms with Crippen molar-refractivity contribution in [2.24, 2.45) is 5.73 Å². The highest BCUT2D eigenvalue weighted by Gasteiger charge is 2.12. The van der Waals surface area contributed by atoms with Crippen molar-refractivity contribution >= 4 is 35.2 Å². The van der Waals surface area contributed by atoms with E-state index in [9.17, 15) is 14.4 Å². The van der Waals surface area contributed by atoms with E-state index in [2.05, 4.69) is 5.32 Å². The molecule has 3 N–H and O–H groups in total. The average Bonchev–Trinajstić information content (AvgIpc) is 2.66. The van der Waals surface area contributed by atoms with Gasteiger partial charge in [-0.25, -0.2) is 4.79 Å². The Bertz CT molecular complexity index is 808. The highest BCUT2D eigenvalue weighted by Crippen LogP contribution is 2.26. The van der Waals surface area contributed by atoms with E-state index < -0.39 is 24.4 Å². The number of thioether (sulfide) groups is 1. The first kappa shape index (κ1) is 20.3. The van der Waals surface area contributed by atoms with Crippen molar-refractivity contribution in [3.8, 4) is 5.75 Å². The fourth-order valence-electron chi connectivity index (χ4n) is 2.10. The van der Waals surface area contributed by atoms with Crippen LogP contribution in [0.5, 0.6) is 5.75 Å². The van der Waals surface area contributed by atoms with Gasteiger partial charge in [-0.1, -0.05) is 12.1 Å². The van der Waals surface area contributed by atoms with Gasteiger partial charge in [0, 0.05) is 4.90 Å². The molecule has 0 radical (unpaired) electrons. The third-order valence-corrected chi connectivity index (χ3v) is 4.36. The number of benzene rings is 2. The van der Waals surface area contributed by atoms with E-state index in [1.54, 1.807) is 48.5 Å². The molecule has 0 aliphatic heterocycles. The van der Waals surface area contributed by atoms with E-state index in [1.165, 1.54) is 11.8 Å². The van der Waals surface area contributed by atoms with Crippen LogP contribution in [-0.2, 0) is 14.3 Å². The van der Waals surface area contributed by atoms with Crippen molar-refractivity contribution in [3.63, 3.8) is 0 Å². The summed E-state index contributed by atoms with van der Waals surface area (Å²) in [5, 5.41) is 2.66. The Kier molecular flexibility index (Phi) is 7.69. The number of anilines is 1. The normalized spacial score (nSPS) is 10.1. The van der Waals surface area contributed by atoms with E-state index in [1.807, 2.05) is 6.92 Å². The second kappa shape index (κ2) is 10.2. The predicted octanol–water partition coefficient (Wildman–Crippen LogP) is 2.46. The molecule has 8 heteroatoms. The summed E-state index contributed by atoms with van der Waals surface area (Å²) in [6.07, 6.45) is 0. The summed E-state index contributed by atoms with van der Waals surface area (Å²) in [6, 6.07) is 13.4. The summed E-state index contributed by atoms with van der Waals surface area (Å²) in [5.74, 6) is -0.798. The zero-order valence-electron chi connectivity index (χ0n) is 14.8. The van der Waals surface area contributed by atoms with Gasteiger partial charge in [0.15, 0.2) is 6.61 Å². The van der Waals surface area contributed by atoms with Gasteiger partial charge < -0.3 is 20.5 Å². The Morgan fingerprint density at radius 2 is 1.78 bits per heavy atom. The summed E-state index contributed by atoms with van der Waals surface area (Å²) in [6.45, 7) is 1.97. The molecule has 2 rings (SSSR count). The first-order chi connectivity index (χ1) is 13.0. The van der Waals surface area contributed by atoms with E-state index in [0.29, 0.717) is 28.5 Å². The van der Waals surface area contributed by atoms with Gasteiger partial charge in [-0.3, -0.25) is 9.59 Å². The zero-order valence-corrected chi connectivity index (χ0v) is 15.6. The molecular formula is C19H20N2O5S. The number of hydrogen-bond acceptors (Lipinski definition) is 6. The highest BCUT2D eigenvalue weighted by molar-refractivity contribution is 8.00. The molecule has 0 unspecified atom stereocenters. The molecule has 0 aromatic heterocycles. The number of primary amides is 1. The minimum absolute atomic E-state index is 0.0968. The molecule has 0 aliphatic carbocycles. The predicted molar refractivity (Wildman–Crippen MR) is 103 cm³/mol. The summed E-state index contributed by atoms with van der Waals surface area (Å²) in [4.78, 5) is 35.7. The lowest BCUT2D eigenvalue weighted by atomic mass is 10.2. The molecule has 2 aromatic carbocycles. The van der Waals surface area contributed by atoms with Crippen LogP contribution in [-0.4, -0.2) is 36.8 Å². The summed E-state index contributed by atoms with van der Waals surface area (Å²) < 4.78 is 10.3. The van der Waals surface area contributed by atoms with Crippen LogP contribution in [0.3, 0.4) is 0 Å². The minimum atomic E-state index is -0.607. The van der Waals surface area contributed by atoms with Crippen molar-refractivity contribution in [2.75, 3.05) is 24.3 Å². The van der Waals surface area contributed by atoms with Crippen LogP contribution in [0.1, 0.15) is 17.3 Å². The van der Waals surface area contributed by atoms with Crippen molar-refractivity contribution in [2.45, 2.75) is 11.8 Å². The lowest BCUT2D eigenvalue weighted by Gasteiger charge is -2.10. The zero-order chi connectivity index (χ0) is 19.6. The molecule has 0 fully saturated rings. The smallest absolute Gasteiger partial charge is 0.338 e. The SMILES string of the molecule is CCOc1ccc(C(=O)OCC(=O)Nc2ccccc2SCC(N)=O)cc1. The number of ether oxygens (including phenoxy) is 2. The maximum atomic E-state index is 12.1. The van der Waals surface area contributed by atoms with Gasteiger partial charge >= 0.3 is 5.97 Å². The first-order valence-electron chi connectivity index (χ1n) is 8.19. The molecule has 0 spiro atoms. The van der Waals surface area contributed by atoms with Crippen LogP contribution in [0.25, 0.3) is 0 Å². The van der Waals surface area contributed by atoms with Gasteiger partial charge in [0.2, 0.25) is 5.91 Å². The fourth-order valence-corrected chi connectivity index (χ4v) is 2.85. The van der Waals surface area contributed by atoms with Crippen molar-refractivity contribution in [1.82, 2.24) is 0 Å². The van der Waals surface area contributed by atoms with Crippen LogP contribution < -0.4 is 15.8 Å². The molecule has 7 nitrogen and oxygen atoms in total. The molecule has 0 aliphatic rings. The molecule has 0 heterocycles. The van der Waals surface area contributed by atoms with Gasteiger partial charge in [0.25, 0.3) is 5.91 Å². The number of hydrogen-bond donors (Lipinski definition) is 2. The summed E-state index contributed by atoms with van der Waals surface area (Å²) >= 11 is 1.21. The Balaban J connectivity index is 1.89. The summed E-state index contributed by atoms with van der Waals surface area (Å²) in [5.41, 5.74) is 5.98. The average molecular weight is 388 g/mol. The lowest BCUT2D eigenvalue weighted by Crippen LogP contribution is -2.21. The minimum Gasteiger partial charge on any atom is -0.494 e. The van der Waals surface area contributed by atoms with Crippen LogP contribution in [0.15, 0.2) is 53.4 Å². The number of amides is 2. The molecule has 27 heavy (non-hydrogen) atoms. The van der Waals surface area contributed by atoms with Gasteiger partial charge in [0.1, 0.15) is 5.75 Å². The largest absolute Gasteiger partial charge is 0.494 e. The standard InChI is InChI=1S/C19H20N2O5S/c1-2-25-14-9-7-13(8-10-14)19(24)26-11-18(23)21-15-5-3-4-6-16(15)27-12-17(20)22/h3-10H,2,11-12H2,1H3,(H2,20,22)(H,21,23). The van der Waals surface area contributed by atoms with E-state index >= 15 is 0 Å². The number of nitrogens with one attached hydrogen (secondary N) is 1. The van der Waals surface area contributed by atoms with E-state index in [4.69, 9.17) is 15.2 Å². The fraction of sp³-hybridized carbons (Fsp3) is 0.211. The van der Waals surface area contributed by atoms with E-state index in [0.717, 1.165) is 0 Å². The number of esters is 1. The van der Waals surface area contributed by atoms with Crippen LogP contribution in [0.2, 0.25) is 0 Å². The molecule has 0 saturated carbocycles. The highest BCUT2D eigenvalue weighted by atomic mass is 32.2. The molecule has 0 saturated heterocycles. The number of nitrogens with two attached hydrogens (primary N) is 1. The molecular weight excluding hydrogens is 368 g/mol. The number of carbonyl (C=O) groups excluding carboxylic acids is 3. The number of rotatable bonds is 9. The maximum Gasteiger partial charge on any atom is 0.338 e. The number of para-hydroxylation sites is 1. The summed E-state index contributed by atoms with van der Waals surface area (Å²) in [7, 11) is 0. The number of carbonyl (C=O) groups is 3. The molecule has 142 valence electrons. The van der Waals surface area contributed by atoms with Crippen LogP contribution >= 0.6 is 11.8 Å². The Labute approximate surface area is 161 Å². The Morgan fingerprint density at radius 1 is 1.07 bits per heavy atom. The molecule has 2 amide bonds. The van der Waals surface area contributed by atoms with Crippen molar-refractivity contribution in [3.05, 3.63) is 54.1 Å². The quantitative estimate of drug-likeness (QED) is 0.505. The van der Waals surface area contributed by atoms with Gasteiger partial charge in [-0.15, -0.1) is 11.8 Å². The first-order valence-corrected chi connectivity index (χ1v) is 9.18. The van der Waals surface area contributed by atoms with Crippen LogP contribution in [0.4, 0.5) is 5.69 Å². The second-order valence-electron chi connectivity index (χ2n) is 5.33. The third kappa shape index (κ3) is 6.67. The van der Waals surface area contributed by atoms with E-state index in [-0.39, 0.29) is 5.75 Å². The maximum absolute atomic E-state index is 12.1. The van der Waals surface area contributed by atoms with Gasteiger partial charge in [-0.05, 0) is 43.3 Å². The Morgan fingerprint density at radius 3 is 2.44 bits per heavy atom. The van der Waals surface area contributed by atoms with Crippen molar-refractivity contribution < 1.29 is 23.9 Å². The molecule has 0 bridgehead atoms. The monoisotopic (exact) mass is 388 g/mol. The Hall–Kier alpha value is -3.00. The molecule has 2 aromatic rings. The van der Waals surface area contributed by atoms with Crippen molar-refractivity contribution in [1.29, 1.82) is 0 Å². The topological polar surface area (TPSA) is 108 Å². The second-order valence-corrected chi connectivity index (χ2v) is 6.35. The van der Waals surface area contributed by atoms with Crippen LogP contribution in [0, 0.1) is 0 Å². The third-order valence-electron chi connectivity index (χ3n) is 3.27.